The summed E-state index contributed by atoms with van der Waals surface area (Å²) in [7, 11) is 0. The molecule has 0 fully saturated rings. The summed E-state index contributed by atoms with van der Waals surface area (Å²) in [5, 5.41) is 8.56. The number of hydrogen-bond donors (Lipinski definition) is 0. The van der Waals surface area contributed by atoms with Crippen molar-refractivity contribution in [3.8, 4) is 17.2 Å². The van der Waals surface area contributed by atoms with Crippen LogP contribution >= 0.6 is 11.8 Å². The van der Waals surface area contributed by atoms with Gasteiger partial charge in [-0.3, -0.25) is 4.79 Å². The van der Waals surface area contributed by atoms with Gasteiger partial charge in [-0.15, -0.1) is 10.2 Å². The van der Waals surface area contributed by atoms with Crippen LogP contribution in [-0.2, 0) is 11.2 Å². The van der Waals surface area contributed by atoms with Crippen LogP contribution in [0.5, 0.6) is 5.75 Å². The van der Waals surface area contributed by atoms with E-state index in [4.69, 9.17) is 9.15 Å². The fourth-order valence-electron chi connectivity index (χ4n) is 3.30. The first-order valence-corrected chi connectivity index (χ1v) is 10.3. The Morgan fingerprint density at radius 1 is 1.18 bits per heavy atom. The summed E-state index contributed by atoms with van der Waals surface area (Å²) in [6.07, 6.45) is 1.99. The van der Waals surface area contributed by atoms with Crippen LogP contribution in [0.3, 0.4) is 0 Å². The monoisotopic (exact) mass is 395 g/mol. The van der Waals surface area contributed by atoms with Gasteiger partial charge in [0.15, 0.2) is 0 Å². The molecule has 0 unspecified atom stereocenters. The Morgan fingerprint density at radius 2 is 2.00 bits per heavy atom. The summed E-state index contributed by atoms with van der Waals surface area (Å²) in [5.41, 5.74) is 2.98. The standard InChI is InChI=1S/C21H21N3O3S/c1-2-26-18-12-6-4-10-16(18)20-22-23-21(27-20)28-14-19(25)24-13-7-9-15-8-3-5-11-17(15)24/h3-6,8,10-12H,2,7,9,13-14H2,1H3. The number of thioether (sulfide) groups is 1. The molecule has 28 heavy (non-hydrogen) atoms. The van der Waals surface area contributed by atoms with Crippen molar-refractivity contribution < 1.29 is 13.9 Å². The molecule has 1 aliphatic rings. The molecule has 144 valence electrons. The van der Waals surface area contributed by atoms with Crippen LogP contribution in [0.1, 0.15) is 18.9 Å². The highest BCUT2D eigenvalue weighted by Gasteiger charge is 2.23. The molecular weight excluding hydrogens is 374 g/mol. The van der Waals surface area contributed by atoms with Crippen LogP contribution in [0.25, 0.3) is 11.5 Å². The summed E-state index contributed by atoms with van der Waals surface area (Å²) >= 11 is 1.26. The third kappa shape index (κ3) is 3.89. The number of carbonyl (C=O) groups is 1. The van der Waals surface area contributed by atoms with Crippen molar-refractivity contribution >= 4 is 23.4 Å². The summed E-state index contributed by atoms with van der Waals surface area (Å²) in [4.78, 5) is 14.6. The molecule has 0 saturated heterocycles. The molecule has 6 nitrogen and oxygen atoms in total. The first-order chi connectivity index (χ1) is 13.8. The van der Waals surface area contributed by atoms with Crippen LogP contribution in [0.4, 0.5) is 5.69 Å². The predicted molar refractivity (Wildman–Crippen MR) is 109 cm³/mol. The fourth-order valence-corrected chi connectivity index (χ4v) is 3.93. The lowest BCUT2D eigenvalue weighted by Crippen LogP contribution is -2.36. The number of nitrogens with zero attached hydrogens (tertiary/aromatic N) is 3. The summed E-state index contributed by atoms with van der Waals surface area (Å²) in [6, 6.07) is 15.6. The van der Waals surface area contributed by atoms with E-state index in [1.807, 2.05) is 54.3 Å². The predicted octanol–water partition coefficient (Wildman–Crippen LogP) is 4.21. The smallest absolute Gasteiger partial charge is 0.277 e. The molecule has 0 aliphatic carbocycles. The number of benzene rings is 2. The molecule has 1 aliphatic heterocycles. The van der Waals surface area contributed by atoms with Crippen molar-refractivity contribution in [3.05, 3.63) is 54.1 Å². The Kier molecular flexibility index (Phi) is 5.62. The van der Waals surface area contributed by atoms with E-state index in [0.717, 1.165) is 30.6 Å². The first-order valence-electron chi connectivity index (χ1n) is 9.33. The molecule has 4 rings (SSSR count). The lowest BCUT2D eigenvalue weighted by atomic mass is 10.0. The maximum absolute atomic E-state index is 12.7. The van der Waals surface area contributed by atoms with E-state index in [1.165, 1.54) is 17.3 Å². The number of amides is 1. The number of carbonyl (C=O) groups excluding carboxylic acids is 1. The van der Waals surface area contributed by atoms with Gasteiger partial charge in [-0.05, 0) is 43.5 Å². The van der Waals surface area contributed by atoms with Gasteiger partial charge in [0.25, 0.3) is 11.1 Å². The number of aromatic nitrogens is 2. The average Bonchev–Trinajstić information content (AvgIpc) is 3.21. The van der Waals surface area contributed by atoms with E-state index >= 15 is 0 Å². The quantitative estimate of drug-likeness (QED) is 0.583. The second-order valence-corrected chi connectivity index (χ2v) is 7.30. The maximum Gasteiger partial charge on any atom is 0.277 e. The molecule has 1 aromatic heterocycles. The molecule has 2 aromatic carbocycles. The van der Waals surface area contributed by atoms with E-state index in [2.05, 4.69) is 16.3 Å². The van der Waals surface area contributed by atoms with E-state index < -0.39 is 0 Å². The number of fused-ring (bicyclic) bond motifs is 1. The van der Waals surface area contributed by atoms with Crippen LogP contribution in [-0.4, -0.2) is 35.0 Å². The zero-order valence-electron chi connectivity index (χ0n) is 15.6. The summed E-state index contributed by atoms with van der Waals surface area (Å²) in [5.74, 6) is 1.39. The second kappa shape index (κ2) is 8.48. The molecule has 7 heteroatoms. The van der Waals surface area contributed by atoms with Crippen molar-refractivity contribution in [1.82, 2.24) is 10.2 Å². The highest BCUT2D eigenvalue weighted by molar-refractivity contribution is 7.99. The minimum Gasteiger partial charge on any atom is -0.493 e. The van der Waals surface area contributed by atoms with Crippen molar-refractivity contribution in [2.24, 2.45) is 0 Å². The Hall–Kier alpha value is -2.80. The molecule has 2 heterocycles. The van der Waals surface area contributed by atoms with Gasteiger partial charge in [0.2, 0.25) is 5.91 Å². The minimum atomic E-state index is 0.0478. The van der Waals surface area contributed by atoms with Gasteiger partial charge in [-0.2, -0.15) is 0 Å². The zero-order chi connectivity index (χ0) is 19.3. The average molecular weight is 395 g/mol. The Balaban J connectivity index is 1.44. The first kappa shape index (κ1) is 18.6. The molecule has 0 bridgehead atoms. The topological polar surface area (TPSA) is 68.5 Å². The van der Waals surface area contributed by atoms with Crippen molar-refractivity contribution in [3.63, 3.8) is 0 Å². The van der Waals surface area contributed by atoms with Crippen molar-refractivity contribution in [2.75, 3.05) is 23.8 Å². The second-order valence-electron chi connectivity index (χ2n) is 6.37. The van der Waals surface area contributed by atoms with Gasteiger partial charge in [-0.25, -0.2) is 0 Å². The number of ether oxygens (including phenoxy) is 1. The molecule has 3 aromatic rings. The normalized spacial score (nSPS) is 13.2. The van der Waals surface area contributed by atoms with Crippen LogP contribution in [0.15, 0.2) is 58.2 Å². The lowest BCUT2D eigenvalue weighted by molar-refractivity contribution is -0.116. The van der Waals surface area contributed by atoms with Crippen LogP contribution < -0.4 is 9.64 Å². The number of aryl methyl sites for hydroxylation is 1. The van der Waals surface area contributed by atoms with Crippen LogP contribution in [0, 0.1) is 0 Å². The largest absolute Gasteiger partial charge is 0.493 e. The molecular formula is C21H21N3O3S. The van der Waals surface area contributed by atoms with Crippen LogP contribution in [0.2, 0.25) is 0 Å². The number of rotatable bonds is 6. The summed E-state index contributed by atoms with van der Waals surface area (Å²) < 4.78 is 11.4. The maximum atomic E-state index is 12.7. The van der Waals surface area contributed by atoms with Crippen molar-refractivity contribution in [1.29, 1.82) is 0 Å². The van der Waals surface area contributed by atoms with Gasteiger partial charge < -0.3 is 14.1 Å². The van der Waals surface area contributed by atoms with E-state index in [9.17, 15) is 4.79 Å². The third-order valence-electron chi connectivity index (χ3n) is 4.55. The van der Waals surface area contributed by atoms with E-state index in [-0.39, 0.29) is 11.7 Å². The Morgan fingerprint density at radius 3 is 2.89 bits per heavy atom. The minimum absolute atomic E-state index is 0.0478. The number of para-hydroxylation sites is 2. The Bertz CT molecular complexity index is 973. The number of hydrogen-bond acceptors (Lipinski definition) is 6. The van der Waals surface area contributed by atoms with Gasteiger partial charge in [0, 0.05) is 12.2 Å². The van der Waals surface area contributed by atoms with Gasteiger partial charge in [0.05, 0.1) is 17.9 Å². The number of anilines is 1. The third-order valence-corrected chi connectivity index (χ3v) is 5.36. The molecule has 0 atom stereocenters. The molecule has 0 N–H and O–H groups in total. The molecule has 0 spiro atoms. The fraction of sp³-hybridized carbons (Fsp3) is 0.286. The molecule has 0 radical (unpaired) electrons. The highest BCUT2D eigenvalue weighted by Crippen LogP contribution is 2.31. The lowest BCUT2D eigenvalue weighted by Gasteiger charge is -2.29. The SMILES string of the molecule is CCOc1ccccc1-c1nnc(SCC(=O)N2CCCc3ccccc32)o1. The van der Waals surface area contributed by atoms with Gasteiger partial charge >= 0.3 is 0 Å². The summed E-state index contributed by atoms with van der Waals surface area (Å²) in [6.45, 7) is 3.22. The zero-order valence-corrected chi connectivity index (χ0v) is 16.4. The van der Waals surface area contributed by atoms with E-state index in [0.29, 0.717) is 23.5 Å². The van der Waals surface area contributed by atoms with E-state index in [1.54, 1.807) is 0 Å². The van der Waals surface area contributed by atoms with Gasteiger partial charge in [0.1, 0.15) is 5.75 Å². The molecule has 1 amide bonds. The van der Waals surface area contributed by atoms with Crippen molar-refractivity contribution in [2.45, 2.75) is 25.0 Å². The van der Waals surface area contributed by atoms with Gasteiger partial charge in [-0.1, -0.05) is 42.1 Å². The Labute approximate surface area is 167 Å². The highest BCUT2D eigenvalue weighted by atomic mass is 32.2. The molecule has 0 saturated carbocycles.